The maximum Gasteiger partial charge on any atom is 0.303 e. The molecule has 0 spiro atoms. The summed E-state index contributed by atoms with van der Waals surface area (Å²) in [6.45, 7) is 0.504. The Labute approximate surface area is 155 Å². The average Bonchev–Trinajstić information content (AvgIpc) is 2.67. The third-order valence-electron chi connectivity index (χ3n) is 4.68. The molecule has 1 atom stereocenters. The van der Waals surface area contributed by atoms with Crippen molar-refractivity contribution in [2.24, 2.45) is 0 Å². The highest BCUT2D eigenvalue weighted by Crippen LogP contribution is 2.22. The number of carboxylic acids is 1. The molecule has 0 saturated carbocycles. The van der Waals surface area contributed by atoms with E-state index in [-0.39, 0.29) is 29.8 Å². The second-order valence-corrected chi connectivity index (χ2v) is 6.50. The van der Waals surface area contributed by atoms with Crippen LogP contribution in [0.5, 0.6) is 0 Å². The van der Waals surface area contributed by atoms with Gasteiger partial charge >= 0.3 is 5.97 Å². The van der Waals surface area contributed by atoms with Crippen LogP contribution in [0.2, 0.25) is 0 Å². The van der Waals surface area contributed by atoms with E-state index in [1.807, 2.05) is 0 Å². The first-order valence-electron chi connectivity index (χ1n) is 8.85. The topological polar surface area (TPSA) is 92.5 Å². The zero-order valence-corrected chi connectivity index (χ0v) is 14.7. The normalized spacial score (nSPS) is 16.9. The Bertz CT molecular complexity index is 912. The standard InChI is InChI=1S/C19H20FN3O4/c20-14-6-1-2-7-16(14)23-17(24)10-9-15(21-23)19(27)22-12-4-3-5-13(22)8-11-18(25)26/h1-2,6-7,9-10,13H,3-5,8,11-12H2,(H,25,26). The number of carbonyl (C=O) groups is 2. The van der Waals surface area contributed by atoms with Crippen LogP contribution in [0.1, 0.15) is 42.6 Å². The SMILES string of the molecule is O=C(O)CCC1CCCCN1C(=O)c1ccc(=O)n(-c2ccccc2F)n1. The van der Waals surface area contributed by atoms with Crippen molar-refractivity contribution >= 4 is 11.9 Å². The molecule has 1 amide bonds. The molecule has 1 unspecified atom stereocenters. The molecule has 1 fully saturated rings. The fourth-order valence-electron chi connectivity index (χ4n) is 3.33. The van der Waals surface area contributed by atoms with E-state index in [9.17, 15) is 18.8 Å². The number of hydrogen-bond donors (Lipinski definition) is 1. The van der Waals surface area contributed by atoms with Crippen LogP contribution in [0.3, 0.4) is 0 Å². The van der Waals surface area contributed by atoms with Gasteiger partial charge in [-0.3, -0.25) is 14.4 Å². The molecule has 1 N–H and O–H groups in total. The van der Waals surface area contributed by atoms with E-state index in [0.717, 1.165) is 23.9 Å². The van der Waals surface area contributed by atoms with Crippen molar-refractivity contribution in [1.82, 2.24) is 14.7 Å². The molecule has 7 nitrogen and oxygen atoms in total. The Hall–Kier alpha value is -3.03. The Morgan fingerprint density at radius 1 is 1.19 bits per heavy atom. The lowest BCUT2D eigenvalue weighted by molar-refractivity contribution is -0.137. The molecule has 1 aliphatic rings. The molecule has 0 aliphatic carbocycles. The molecule has 2 heterocycles. The second-order valence-electron chi connectivity index (χ2n) is 6.50. The van der Waals surface area contributed by atoms with E-state index in [0.29, 0.717) is 13.0 Å². The van der Waals surface area contributed by atoms with Crippen LogP contribution < -0.4 is 5.56 Å². The lowest BCUT2D eigenvalue weighted by atomic mass is 9.97. The molecule has 142 valence electrons. The van der Waals surface area contributed by atoms with Crippen LogP contribution >= 0.6 is 0 Å². The Morgan fingerprint density at radius 3 is 2.70 bits per heavy atom. The van der Waals surface area contributed by atoms with Crippen LogP contribution in [0, 0.1) is 5.82 Å². The van der Waals surface area contributed by atoms with Crippen LogP contribution in [0.4, 0.5) is 4.39 Å². The first kappa shape index (κ1) is 18.8. The number of halogens is 1. The lowest BCUT2D eigenvalue weighted by Gasteiger charge is -2.35. The molecule has 1 aliphatic heterocycles. The smallest absolute Gasteiger partial charge is 0.303 e. The van der Waals surface area contributed by atoms with Gasteiger partial charge in [0.25, 0.3) is 11.5 Å². The lowest BCUT2D eigenvalue weighted by Crippen LogP contribution is -2.44. The van der Waals surface area contributed by atoms with Crippen LogP contribution in [0.25, 0.3) is 5.69 Å². The van der Waals surface area contributed by atoms with E-state index in [1.165, 1.54) is 30.3 Å². The average molecular weight is 373 g/mol. The molecule has 3 rings (SSSR count). The summed E-state index contributed by atoms with van der Waals surface area (Å²) in [6, 6.07) is 8.03. The zero-order chi connectivity index (χ0) is 19.4. The third-order valence-corrected chi connectivity index (χ3v) is 4.68. The maximum absolute atomic E-state index is 14.0. The number of likely N-dealkylation sites (tertiary alicyclic amines) is 1. The van der Waals surface area contributed by atoms with Crippen molar-refractivity contribution in [3.63, 3.8) is 0 Å². The molecule has 2 aromatic rings. The molecule has 1 saturated heterocycles. The largest absolute Gasteiger partial charge is 0.481 e. The zero-order valence-electron chi connectivity index (χ0n) is 14.7. The summed E-state index contributed by atoms with van der Waals surface area (Å²) in [7, 11) is 0. The summed E-state index contributed by atoms with van der Waals surface area (Å²) in [5.74, 6) is -1.90. The first-order valence-corrected chi connectivity index (χ1v) is 8.85. The minimum absolute atomic E-state index is 0.0173. The fraction of sp³-hybridized carbons (Fsp3) is 0.368. The number of aromatic nitrogens is 2. The van der Waals surface area contributed by atoms with Gasteiger partial charge in [-0.2, -0.15) is 9.78 Å². The van der Waals surface area contributed by atoms with Crippen molar-refractivity contribution in [3.8, 4) is 5.69 Å². The molecular formula is C19H20FN3O4. The Balaban J connectivity index is 1.90. The molecule has 1 aromatic carbocycles. The molecular weight excluding hydrogens is 353 g/mol. The predicted octanol–water partition coefficient (Wildman–Crippen LogP) is 2.23. The minimum Gasteiger partial charge on any atom is -0.481 e. The third kappa shape index (κ3) is 4.21. The summed E-state index contributed by atoms with van der Waals surface area (Å²) in [5.41, 5.74) is -0.545. The maximum atomic E-state index is 14.0. The van der Waals surface area contributed by atoms with E-state index in [1.54, 1.807) is 11.0 Å². The highest BCUT2D eigenvalue weighted by molar-refractivity contribution is 5.92. The minimum atomic E-state index is -0.904. The van der Waals surface area contributed by atoms with Crippen LogP contribution in [-0.2, 0) is 4.79 Å². The Morgan fingerprint density at radius 2 is 1.96 bits per heavy atom. The van der Waals surface area contributed by atoms with E-state index < -0.39 is 17.3 Å². The Kier molecular flexibility index (Phi) is 5.63. The van der Waals surface area contributed by atoms with Gasteiger partial charge in [-0.25, -0.2) is 4.39 Å². The summed E-state index contributed by atoms with van der Waals surface area (Å²) in [6.07, 6.45) is 2.83. The number of rotatable bonds is 5. The highest BCUT2D eigenvalue weighted by Gasteiger charge is 2.29. The quantitative estimate of drug-likeness (QED) is 0.868. The number of amides is 1. The molecule has 27 heavy (non-hydrogen) atoms. The van der Waals surface area contributed by atoms with Gasteiger partial charge in [0.05, 0.1) is 0 Å². The van der Waals surface area contributed by atoms with Gasteiger partial charge in [0, 0.05) is 25.1 Å². The van der Waals surface area contributed by atoms with Crippen molar-refractivity contribution < 1.29 is 19.1 Å². The van der Waals surface area contributed by atoms with E-state index in [2.05, 4.69) is 5.10 Å². The van der Waals surface area contributed by atoms with Crippen molar-refractivity contribution in [3.05, 3.63) is 58.3 Å². The van der Waals surface area contributed by atoms with Gasteiger partial charge in [-0.15, -0.1) is 0 Å². The van der Waals surface area contributed by atoms with Crippen molar-refractivity contribution in [2.45, 2.75) is 38.1 Å². The second kappa shape index (κ2) is 8.11. The van der Waals surface area contributed by atoms with Crippen LogP contribution in [-0.4, -0.2) is 44.3 Å². The number of hydrogen-bond acceptors (Lipinski definition) is 4. The van der Waals surface area contributed by atoms with Gasteiger partial charge in [0.1, 0.15) is 17.2 Å². The van der Waals surface area contributed by atoms with Gasteiger partial charge in [0.2, 0.25) is 0 Å². The molecule has 0 radical (unpaired) electrons. The summed E-state index contributed by atoms with van der Waals surface area (Å²) < 4.78 is 14.9. The number of nitrogens with zero attached hydrogens (tertiary/aromatic N) is 3. The monoisotopic (exact) mass is 373 g/mol. The summed E-state index contributed by atoms with van der Waals surface area (Å²) in [4.78, 5) is 37.5. The predicted molar refractivity (Wildman–Crippen MR) is 95.3 cm³/mol. The van der Waals surface area contributed by atoms with Gasteiger partial charge in [-0.05, 0) is 43.9 Å². The fourth-order valence-corrected chi connectivity index (χ4v) is 3.33. The first-order chi connectivity index (χ1) is 13.0. The number of para-hydroxylation sites is 1. The molecule has 8 heteroatoms. The number of benzene rings is 1. The van der Waals surface area contributed by atoms with Gasteiger partial charge in [0.15, 0.2) is 0 Å². The van der Waals surface area contributed by atoms with Crippen molar-refractivity contribution in [1.29, 1.82) is 0 Å². The van der Waals surface area contributed by atoms with Crippen molar-refractivity contribution in [2.75, 3.05) is 6.54 Å². The van der Waals surface area contributed by atoms with Gasteiger partial charge < -0.3 is 10.0 Å². The molecule has 0 bridgehead atoms. The summed E-state index contributed by atoms with van der Waals surface area (Å²) >= 11 is 0. The number of carboxylic acid groups (broad SMARTS) is 1. The summed E-state index contributed by atoms with van der Waals surface area (Å²) in [5, 5.41) is 13.0. The number of carbonyl (C=O) groups excluding carboxylic acids is 1. The number of piperidine rings is 1. The molecule has 1 aromatic heterocycles. The van der Waals surface area contributed by atoms with E-state index in [4.69, 9.17) is 5.11 Å². The van der Waals surface area contributed by atoms with Gasteiger partial charge in [-0.1, -0.05) is 12.1 Å². The number of aliphatic carboxylic acids is 1. The van der Waals surface area contributed by atoms with Crippen LogP contribution in [0.15, 0.2) is 41.2 Å². The van der Waals surface area contributed by atoms with E-state index >= 15 is 0 Å². The highest BCUT2D eigenvalue weighted by atomic mass is 19.1.